The van der Waals surface area contributed by atoms with Crippen LogP contribution < -0.4 is 0 Å². The normalized spacial score (nSPS) is 14.5. The molecule has 0 fully saturated rings. The molecule has 0 aliphatic rings. The van der Waals surface area contributed by atoms with Crippen LogP contribution in [0.3, 0.4) is 0 Å². The topological polar surface area (TPSA) is 61.8 Å². The molecule has 7 heteroatoms. The van der Waals surface area contributed by atoms with E-state index in [1.807, 2.05) is 0 Å². The van der Waals surface area contributed by atoms with E-state index in [1.165, 1.54) is 13.8 Å². The second-order valence-corrected chi connectivity index (χ2v) is 2.60. The SMILES string of the molecule is CC(OC(=O)Cl)OC(C)OC(=O)Cl. The van der Waals surface area contributed by atoms with Gasteiger partial charge in [-0.1, -0.05) is 0 Å². The van der Waals surface area contributed by atoms with Crippen LogP contribution in [-0.2, 0) is 14.2 Å². The lowest BCUT2D eigenvalue weighted by molar-refractivity contribution is -0.184. The Bertz CT molecular complexity index is 175. The molecule has 2 atom stereocenters. The third kappa shape index (κ3) is 7.83. The highest BCUT2D eigenvalue weighted by Gasteiger charge is 2.13. The predicted molar refractivity (Wildman–Crippen MR) is 44.7 cm³/mol. The first-order valence-electron chi connectivity index (χ1n) is 3.29. The Morgan fingerprint density at radius 1 is 1.00 bits per heavy atom. The molecule has 13 heavy (non-hydrogen) atoms. The van der Waals surface area contributed by atoms with E-state index in [2.05, 4.69) is 9.47 Å². The standard InChI is InChI=1S/C6H8Cl2O5/c1-3(12-5(7)9)11-4(2)13-6(8)10/h3-4H,1-2H3. The Kier molecular flexibility index (Phi) is 5.77. The number of carbonyl (C=O) groups excluding carboxylic acids is 2. The average Bonchev–Trinajstić information content (AvgIpc) is 1.80. The second-order valence-electron chi connectivity index (χ2n) is 1.98. The van der Waals surface area contributed by atoms with E-state index >= 15 is 0 Å². The second kappa shape index (κ2) is 6.01. The van der Waals surface area contributed by atoms with Crippen LogP contribution in [0, 0.1) is 0 Å². The monoisotopic (exact) mass is 230 g/mol. The number of halogens is 2. The van der Waals surface area contributed by atoms with Crippen LogP contribution in [0.15, 0.2) is 0 Å². The summed E-state index contributed by atoms with van der Waals surface area (Å²) >= 11 is 9.77. The Hall–Kier alpha value is -0.520. The Labute approximate surface area is 84.8 Å². The fraction of sp³-hybridized carbons (Fsp3) is 0.667. The van der Waals surface area contributed by atoms with Gasteiger partial charge in [-0.2, -0.15) is 0 Å². The van der Waals surface area contributed by atoms with Gasteiger partial charge in [0.1, 0.15) is 0 Å². The summed E-state index contributed by atoms with van der Waals surface area (Å²) in [7, 11) is 0. The fourth-order valence-electron chi connectivity index (χ4n) is 0.586. The summed E-state index contributed by atoms with van der Waals surface area (Å²) in [6.07, 6.45) is -1.81. The highest BCUT2D eigenvalue weighted by atomic mass is 35.5. The van der Waals surface area contributed by atoms with E-state index in [4.69, 9.17) is 27.9 Å². The fourth-order valence-corrected chi connectivity index (χ4v) is 0.837. The zero-order valence-corrected chi connectivity index (χ0v) is 8.46. The van der Waals surface area contributed by atoms with Crippen LogP contribution >= 0.6 is 23.2 Å². The minimum absolute atomic E-state index is 0.906. The molecule has 0 heterocycles. The van der Waals surface area contributed by atoms with Crippen LogP contribution in [0.2, 0.25) is 0 Å². The number of carbonyl (C=O) groups is 2. The molecule has 0 aromatic rings. The van der Waals surface area contributed by atoms with Crippen molar-refractivity contribution in [1.82, 2.24) is 0 Å². The van der Waals surface area contributed by atoms with Gasteiger partial charge in [-0.15, -0.1) is 0 Å². The van der Waals surface area contributed by atoms with E-state index in [9.17, 15) is 9.59 Å². The highest BCUT2D eigenvalue weighted by molar-refractivity contribution is 6.61. The van der Waals surface area contributed by atoms with E-state index in [0.29, 0.717) is 0 Å². The Balaban J connectivity index is 3.70. The molecular weight excluding hydrogens is 223 g/mol. The maximum atomic E-state index is 10.2. The third-order valence-corrected chi connectivity index (χ3v) is 1.08. The number of hydrogen-bond acceptors (Lipinski definition) is 5. The van der Waals surface area contributed by atoms with Crippen LogP contribution in [0.5, 0.6) is 0 Å². The first-order valence-corrected chi connectivity index (χ1v) is 4.05. The molecule has 0 aliphatic heterocycles. The van der Waals surface area contributed by atoms with Crippen molar-refractivity contribution in [3.63, 3.8) is 0 Å². The first-order chi connectivity index (χ1) is 5.91. The number of rotatable bonds is 4. The molecule has 0 bridgehead atoms. The maximum absolute atomic E-state index is 10.2. The molecule has 2 unspecified atom stereocenters. The van der Waals surface area contributed by atoms with E-state index in [-0.39, 0.29) is 0 Å². The van der Waals surface area contributed by atoms with Crippen LogP contribution in [-0.4, -0.2) is 23.4 Å². The summed E-state index contributed by atoms with van der Waals surface area (Å²) in [5.41, 5.74) is -2.01. The zero-order chi connectivity index (χ0) is 10.4. The van der Waals surface area contributed by atoms with Gasteiger partial charge in [0.25, 0.3) is 0 Å². The average molecular weight is 231 g/mol. The molecule has 0 aromatic heterocycles. The molecular formula is C6H8Cl2O5. The number of hydrogen-bond donors (Lipinski definition) is 0. The van der Waals surface area contributed by atoms with Crippen molar-refractivity contribution in [2.75, 3.05) is 0 Å². The van der Waals surface area contributed by atoms with Gasteiger partial charge < -0.3 is 14.2 Å². The van der Waals surface area contributed by atoms with E-state index < -0.39 is 23.4 Å². The lowest BCUT2D eigenvalue weighted by Crippen LogP contribution is -2.23. The smallest absolute Gasteiger partial charge is 0.406 e. The van der Waals surface area contributed by atoms with Crippen molar-refractivity contribution in [1.29, 1.82) is 0 Å². The third-order valence-electron chi connectivity index (χ3n) is 0.901. The van der Waals surface area contributed by atoms with Gasteiger partial charge in [0.15, 0.2) is 0 Å². The van der Waals surface area contributed by atoms with Crippen molar-refractivity contribution >= 4 is 34.1 Å². The van der Waals surface area contributed by atoms with E-state index in [1.54, 1.807) is 0 Å². The minimum Gasteiger partial charge on any atom is -0.424 e. The molecule has 0 saturated carbocycles. The Morgan fingerprint density at radius 2 is 1.31 bits per heavy atom. The molecule has 0 spiro atoms. The molecule has 5 nitrogen and oxygen atoms in total. The summed E-state index contributed by atoms with van der Waals surface area (Å²) in [6.45, 7) is 2.83. The van der Waals surface area contributed by atoms with Gasteiger partial charge in [-0.25, -0.2) is 9.59 Å². The highest BCUT2D eigenvalue weighted by Crippen LogP contribution is 2.05. The first kappa shape index (κ1) is 12.5. The van der Waals surface area contributed by atoms with Crippen molar-refractivity contribution < 1.29 is 23.8 Å². The molecule has 0 rings (SSSR count). The number of ether oxygens (including phenoxy) is 3. The lowest BCUT2D eigenvalue weighted by Gasteiger charge is -2.16. The molecule has 76 valence electrons. The Morgan fingerprint density at radius 3 is 1.54 bits per heavy atom. The van der Waals surface area contributed by atoms with Crippen LogP contribution in [0.4, 0.5) is 9.59 Å². The summed E-state index contributed by atoms with van der Waals surface area (Å²) in [5.74, 6) is 0. The summed E-state index contributed by atoms with van der Waals surface area (Å²) in [6, 6.07) is 0. The minimum atomic E-state index is -1.00. The largest absolute Gasteiger partial charge is 0.424 e. The van der Waals surface area contributed by atoms with Gasteiger partial charge in [0, 0.05) is 23.2 Å². The molecule has 0 aliphatic carbocycles. The molecule has 0 amide bonds. The zero-order valence-electron chi connectivity index (χ0n) is 6.95. The van der Waals surface area contributed by atoms with Gasteiger partial charge in [-0.05, 0) is 13.8 Å². The molecule has 0 aromatic carbocycles. The van der Waals surface area contributed by atoms with Gasteiger partial charge >= 0.3 is 10.9 Å². The van der Waals surface area contributed by atoms with Crippen LogP contribution in [0.1, 0.15) is 13.8 Å². The van der Waals surface area contributed by atoms with Gasteiger partial charge in [0.05, 0.1) is 0 Å². The van der Waals surface area contributed by atoms with Gasteiger partial charge in [0.2, 0.25) is 12.6 Å². The van der Waals surface area contributed by atoms with Crippen molar-refractivity contribution in [2.24, 2.45) is 0 Å². The summed E-state index contributed by atoms with van der Waals surface area (Å²) in [4.78, 5) is 20.4. The quantitative estimate of drug-likeness (QED) is 0.549. The maximum Gasteiger partial charge on any atom is 0.406 e. The van der Waals surface area contributed by atoms with Crippen molar-refractivity contribution in [3.05, 3.63) is 0 Å². The van der Waals surface area contributed by atoms with Crippen LogP contribution in [0.25, 0.3) is 0 Å². The van der Waals surface area contributed by atoms with Crippen molar-refractivity contribution in [3.8, 4) is 0 Å². The molecule has 0 N–H and O–H groups in total. The predicted octanol–water partition coefficient (Wildman–Crippen LogP) is 2.45. The van der Waals surface area contributed by atoms with Gasteiger partial charge in [-0.3, -0.25) is 0 Å². The summed E-state index contributed by atoms with van der Waals surface area (Å²) in [5, 5.41) is 0. The molecule has 0 saturated heterocycles. The van der Waals surface area contributed by atoms with Crippen molar-refractivity contribution in [2.45, 2.75) is 26.4 Å². The lowest BCUT2D eigenvalue weighted by atomic mass is 10.7. The summed E-state index contributed by atoms with van der Waals surface area (Å²) < 4.78 is 13.6. The van der Waals surface area contributed by atoms with E-state index in [0.717, 1.165) is 0 Å². The molecule has 0 radical (unpaired) electrons.